The van der Waals surface area contributed by atoms with Crippen LogP contribution in [0.25, 0.3) is 10.9 Å². The van der Waals surface area contributed by atoms with Gasteiger partial charge in [-0.25, -0.2) is 13.8 Å². The van der Waals surface area contributed by atoms with Crippen LogP contribution in [0.4, 0.5) is 8.78 Å². The smallest absolute Gasteiger partial charge is 0.303 e. The molecule has 1 aliphatic rings. The van der Waals surface area contributed by atoms with Crippen LogP contribution in [0.15, 0.2) is 47.8 Å². The number of ether oxygens (including phenoxy) is 1. The molecular formula is C27H30ClF2N3O3S. The van der Waals surface area contributed by atoms with E-state index in [4.69, 9.17) is 16.3 Å². The third kappa shape index (κ3) is 7.30. The third-order valence-corrected chi connectivity index (χ3v) is 8.15. The van der Waals surface area contributed by atoms with Crippen molar-refractivity contribution in [3.8, 4) is 5.75 Å². The summed E-state index contributed by atoms with van der Waals surface area (Å²) in [6.07, 6.45) is 3.28. The molecule has 3 aromatic rings. The molecule has 0 saturated carbocycles. The van der Waals surface area contributed by atoms with Crippen molar-refractivity contribution < 1.29 is 23.4 Å². The number of alkyl halides is 1. The molecule has 0 aliphatic carbocycles. The Morgan fingerprint density at radius 1 is 1.30 bits per heavy atom. The van der Waals surface area contributed by atoms with Gasteiger partial charge >= 0.3 is 5.97 Å². The molecule has 6 nitrogen and oxygen atoms in total. The Labute approximate surface area is 224 Å². The van der Waals surface area contributed by atoms with E-state index in [-0.39, 0.29) is 35.5 Å². The number of benzene rings is 1. The molecule has 2 aromatic heterocycles. The number of nitrogens with zero attached hydrogens (tertiary/aromatic N) is 3. The van der Waals surface area contributed by atoms with Gasteiger partial charge in [0.1, 0.15) is 17.7 Å². The van der Waals surface area contributed by atoms with Gasteiger partial charge in [-0.3, -0.25) is 9.78 Å². The predicted octanol–water partition coefficient (Wildman–Crippen LogP) is 6.43. The van der Waals surface area contributed by atoms with E-state index in [1.165, 1.54) is 36.3 Å². The van der Waals surface area contributed by atoms with Crippen LogP contribution in [0.2, 0.25) is 5.02 Å². The molecule has 1 saturated heterocycles. The van der Waals surface area contributed by atoms with Crippen LogP contribution >= 0.6 is 23.4 Å². The zero-order chi connectivity index (χ0) is 26.4. The number of hydrogen-bond acceptors (Lipinski definition) is 6. The van der Waals surface area contributed by atoms with Gasteiger partial charge in [-0.2, -0.15) is 0 Å². The molecule has 37 heavy (non-hydrogen) atoms. The van der Waals surface area contributed by atoms with Crippen molar-refractivity contribution in [2.45, 2.75) is 36.9 Å². The summed E-state index contributed by atoms with van der Waals surface area (Å²) in [5.41, 5.74) is 1.05. The van der Waals surface area contributed by atoms with E-state index >= 15 is 4.39 Å². The van der Waals surface area contributed by atoms with E-state index in [2.05, 4.69) is 14.9 Å². The summed E-state index contributed by atoms with van der Waals surface area (Å²) in [6, 6.07) is 8.03. The van der Waals surface area contributed by atoms with E-state index in [1.807, 2.05) is 0 Å². The van der Waals surface area contributed by atoms with Crippen LogP contribution in [0.3, 0.4) is 0 Å². The second kappa shape index (κ2) is 12.8. The average molecular weight is 550 g/mol. The molecule has 3 atom stereocenters. The first-order valence-electron chi connectivity index (χ1n) is 12.3. The summed E-state index contributed by atoms with van der Waals surface area (Å²) in [5, 5.41) is 11.0. The Hall–Kier alpha value is -2.49. The number of carbonyl (C=O) groups is 1. The molecule has 4 rings (SSSR count). The van der Waals surface area contributed by atoms with Gasteiger partial charge in [-0.05, 0) is 61.9 Å². The highest BCUT2D eigenvalue weighted by molar-refractivity contribution is 7.99. The van der Waals surface area contributed by atoms with Crippen molar-refractivity contribution in [2.75, 3.05) is 32.5 Å². The summed E-state index contributed by atoms with van der Waals surface area (Å²) >= 11 is 7.85. The lowest BCUT2D eigenvalue weighted by Crippen LogP contribution is -2.42. The first kappa shape index (κ1) is 27.5. The number of carboxylic acids is 1. The molecule has 0 amide bonds. The average Bonchev–Trinajstić information content (AvgIpc) is 2.87. The van der Waals surface area contributed by atoms with Gasteiger partial charge in [-0.1, -0.05) is 11.6 Å². The highest BCUT2D eigenvalue weighted by Crippen LogP contribution is 2.39. The summed E-state index contributed by atoms with van der Waals surface area (Å²) in [5.74, 6) is 0.202. The van der Waals surface area contributed by atoms with Crippen LogP contribution < -0.4 is 4.74 Å². The number of carboxylic acid groups (broad SMARTS) is 1. The normalized spacial score (nSPS) is 19.1. The van der Waals surface area contributed by atoms with Crippen molar-refractivity contribution in [1.29, 1.82) is 0 Å². The Balaban J connectivity index is 1.37. The van der Waals surface area contributed by atoms with Crippen molar-refractivity contribution in [2.24, 2.45) is 11.8 Å². The Morgan fingerprint density at radius 2 is 2.14 bits per heavy atom. The lowest BCUT2D eigenvalue weighted by molar-refractivity contribution is -0.139. The lowest BCUT2D eigenvalue weighted by Gasteiger charge is -2.38. The molecule has 1 aromatic carbocycles. The maximum Gasteiger partial charge on any atom is 0.303 e. The maximum atomic E-state index is 15.6. The molecule has 3 heterocycles. The molecule has 0 unspecified atom stereocenters. The van der Waals surface area contributed by atoms with Gasteiger partial charge in [0, 0.05) is 54.7 Å². The molecule has 1 fully saturated rings. The second-order valence-corrected chi connectivity index (χ2v) is 10.8. The summed E-state index contributed by atoms with van der Waals surface area (Å²) in [6.45, 7) is 2.20. The van der Waals surface area contributed by atoms with Gasteiger partial charge in [0.2, 0.25) is 0 Å². The number of rotatable bonds is 11. The van der Waals surface area contributed by atoms with Crippen LogP contribution in [-0.4, -0.2) is 58.4 Å². The van der Waals surface area contributed by atoms with Crippen LogP contribution in [0.1, 0.15) is 37.4 Å². The number of halogens is 3. The number of likely N-dealkylation sites (tertiary alicyclic amines) is 1. The molecule has 0 bridgehead atoms. The maximum absolute atomic E-state index is 15.6. The van der Waals surface area contributed by atoms with Crippen LogP contribution in [0, 0.1) is 17.7 Å². The summed E-state index contributed by atoms with van der Waals surface area (Å²) in [4.78, 5) is 22.3. The number of methoxy groups -OCH3 is 1. The minimum absolute atomic E-state index is 0.0485. The zero-order valence-electron chi connectivity index (χ0n) is 20.6. The highest BCUT2D eigenvalue weighted by Gasteiger charge is 2.31. The first-order valence-corrected chi connectivity index (χ1v) is 13.6. The Bertz CT molecular complexity index is 1230. The Morgan fingerprint density at radius 3 is 2.89 bits per heavy atom. The quantitative estimate of drug-likeness (QED) is 0.276. The van der Waals surface area contributed by atoms with E-state index in [1.54, 1.807) is 25.3 Å². The van der Waals surface area contributed by atoms with Gasteiger partial charge in [0.25, 0.3) is 0 Å². The molecular weight excluding hydrogens is 520 g/mol. The zero-order valence-corrected chi connectivity index (χ0v) is 22.2. The predicted molar refractivity (Wildman–Crippen MR) is 142 cm³/mol. The minimum atomic E-state index is -1.30. The Kier molecular flexibility index (Phi) is 9.56. The number of aromatic nitrogens is 2. The highest BCUT2D eigenvalue weighted by atomic mass is 35.5. The topological polar surface area (TPSA) is 75.5 Å². The van der Waals surface area contributed by atoms with E-state index in [0.29, 0.717) is 40.2 Å². The number of pyridine rings is 2. The van der Waals surface area contributed by atoms with Gasteiger partial charge in [-0.15, -0.1) is 11.8 Å². The molecule has 0 spiro atoms. The molecule has 1 N–H and O–H groups in total. The number of piperidine rings is 1. The van der Waals surface area contributed by atoms with Crippen LogP contribution in [-0.2, 0) is 4.79 Å². The minimum Gasteiger partial charge on any atom is -0.497 e. The number of fused-ring (bicyclic) bond motifs is 1. The van der Waals surface area contributed by atoms with Gasteiger partial charge in [0.15, 0.2) is 0 Å². The summed E-state index contributed by atoms with van der Waals surface area (Å²) in [7, 11) is 1.55. The van der Waals surface area contributed by atoms with Gasteiger partial charge < -0.3 is 14.7 Å². The molecule has 198 valence electrons. The number of aliphatic carboxylic acids is 1. The standard InChI is InChI=1S/C27H30ClF2N3O3S/c1-36-20-3-5-24-21(14-20)27(22(28)15-32-24)23(30)4-2-17-7-9-33(16-18(17)12-26(34)35)10-11-37-25-13-19(29)6-8-31-25/h3,5-6,8,13-15,17-18,23H,2,4,7,9-12,16H2,1H3,(H,34,35)/t17-,18-,23+/m1/s1. The van der Waals surface area contributed by atoms with E-state index in [9.17, 15) is 14.3 Å². The van der Waals surface area contributed by atoms with E-state index in [0.717, 1.165) is 25.3 Å². The van der Waals surface area contributed by atoms with Gasteiger partial charge in [0.05, 0.1) is 22.7 Å². The van der Waals surface area contributed by atoms with Crippen molar-refractivity contribution in [3.05, 3.63) is 59.1 Å². The fourth-order valence-corrected chi connectivity index (χ4v) is 6.22. The fourth-order valence-electron chi connectivity index (χ4n) is 5.06. The SMILES string of the molecule is COc1ccc2ncc(Cl)c([C@@H](F)CC[C@@H]3CCN(CCSc4cc(F)ccn4)C[C@H]3CC(=O)O)c2c1. The number of hydrogen-bond donors (Lipinski definition) is 1. The summed E-state index contributed by atoms with van der Waals surface area (Å²) < 4.78 is 34.3. The van der Waals surface area contributed by atoms with Crippen molar-refractivity contribution in [1.82, 2.24) is 14.9 Å². The monoisotopic (exact) mass is 549 g/mol. The number of thioether (sulfide) groups is 1. The van der Waals surface area contributed by atoms with E-state index < -0.39 is 12.1 Å². The van der Waals surface area contributed by atoms with Crippen molar-refractivity contribution in [3.63, 3.8) is 0 Å². The fraction of sp³-hybridized carbons (Fsp3) is 0.444. The molecule has 10 heteroatoms. The third-order valence-electron chi connectivity index (χ3n) is 6.94. The second-order valence-electron chi connectivity index (χ2n) is 9.32. The molecule has 1 aliphatic heterocycles. The van der Waals surface area contributed by atoms with Crippen molar-refractivity contribution >= 4 is 40.2 Å². The van der Waals surface area contributed by atoms with Crippen LogP contribution in [0.5, 0.6) is 5.75 Å². The lowest BCUT2D eigenvalue weighted by atomic mass is 9.79. The first-order chi connectivity index (χ1) is 17.8. The molecule has 0 radical (unpaired) electrons. The largest absolute Gasteiger partial charge is 0.497 e.